The van der Waals surface area contributed by atoms with Gasteiger partial charge < -0.3 is 19.2 Å². The Balaban J connectivity index is 1.62. The van der Waals surface area contributed by atoms with Gasteiger partial charge >= 0.3 is 5.97 Å². The lowest BCUT2D eigenvalue weighted by Gasteiger charge is -2.04. The van der Waals surface area contributed by atoms with E-state index >= 15 is 0 Å². The fraction of sp³-hybridized carbons (Fsp3) is 0.105. The Kier molecular flexibility index (Phi) is 4.98. The lowest BCUT2D eigenvalue weighted by atomic mass is 10.2. The normalized spacial score (nSPS) is 11.0. The van der Waals surface area contributed by atoms with Crippen molar-refractivity contribution in [1.82, 2.24) is 9.97 Å². The van der Waals surface area contributed by atoms with E-state index in [1.807, 2.05) is 18.2 Å². The SMILES string of the molecule is Cc1cc(COc2ccc(/C=C/c3nccc(=O)[nH]3)cc2)oc1C(=O)O. The fourth-order valence-corrected chi connectivity index (χ4v) is 2.31. The molecule has 132 valence electrons. The Morgan fingerprint density at radius 3 is 2.69 bits per heavy atom. The second-order valence-electron chi connectivity index (χ2n) is 5.54. The molecule has 0 saturated carbocycles. The number of carboxylic acids is 1. The summed E-state index contributed by atoms with van der Waals surface area (Å²) in [5.41, 5.74) is 1.26. The van der Waals surface area contributed by atoms with Gasteiger partial charge in [0, 0.05) is 17.8 Å². The summed E-state index contributed by atoms with van der Waals surface area (Å²) in [6, 6.07) is 10.3. The summed E-state index contributed by atoms with van der Waals surface area (Å²) in [7, 11) is 0. The Labute approximate surface area is 148 Å². The van der Waals surface area contributed by atoms with E-state index in [0.717, 1.165) is 5.56 Å². The molecule has 0 spiro atoms. The minimum absolute atomic E-state index is 0.0725. The number of furan rings is 1. The molecule has 0 fully saturated rings. The third kappa shape index (κ3) is 4.27. The summed E-state index contributed by atoms with van der Waals surface area (Å²) < 4.78 is 10.8. The van der Waals surface area contributed by atoms with Crippen molar-refractivity contribution in [3.8, 4) is 5.75 Å². The van der Waals surface area contributed by atoms with E-state index < -0.39 is 5.97 Å². The van der Waals surface area contributed by atoms with Crippen LogP contribution in [-0.4, -0.2) is 21.0 Å². The number of aromatic nitrogens is 2. The molecule has 1 aromatic carbocycles. The first kappa shape index (κ1) is 17.2. The largest absolute Gasteiger partial charge is 0.486 e. The van der Waals surface area contributed by atoms with E-state index in [0.29, 0.717) is 22.9 Å². The van der Waals surface area contributed by atoms with Crippen LogP contribution in [0.15, 0.2) is 51.8 Å². The van der Waals surface area contributed by atoms with Gasteiger partial charge in [-0.1, -0.05) is 18.2 Å². The average Bonchev–Trinajstić information content (AvgIpc) is 3.00. The van der Waals surface area contributed by atoms with Crippen LogP contribution in [0.2, 0.25) is 0 Å². The fourth-order valence-electron chi connectivity index (χ4n) is 2.31. The average molecular weight is 352 g/mol. The first-order valence-electron chi connectivity index (χ1n) is 7.80. The molecule has 7 heteroatoms. The number of H-pyrrole nitrogens is 1. The maximum absolute atomic E-state index is 11.2. The highest BCUT2D eigenvalue weighted by atomic mass is 16.5. The summed E-state index contributed by atoms with van der Waals surface area (Å²) in [5.74, 6) is 0.373. The van der Waals surface area contributed by atoms with Gasteiger partial charge in [-0.15, -0.1) is 0 Å². The van der Waals surface area contributed by atoms with E-state index in [1.54, 1.807) is 31.2 Å². The van der Waals surface area contributed by atoms with Crippen molar-refractivity contribution in [3.63, 3.8) is 0 Å². The number of aryl methyl sites for hydroxylation is 1. The van der Waals surface area contributed by atoms with Crippen LogP contribution in [0.1, 0.15) is 33.3 Å². The van der Waals surface area contributed by atoms with Crippen LogP contribution in [-0.2, 0) is 6.61 Å². The molecular weight excluding hydrogens is 336 g/mol. The molecule has 2 aromatic heterocycles. The maximum atomic E-state index is 11.2. The van der Waals surface area contributed by atoms with E-state index in [4.69, 9.17) is 14.3 Å². The van der Waals surface area contributed by atoms with Crippen LogP contribution in [0.5, 0.6) is 5.75 Å². The molecule has 2 N–H and O–H groups in total. The Morgan fingerprint density at radius 1 is 1.27 bits per heavy atom. The highest BCUT2D eigenvalue weighted by molar-refractivity contribution is 5.86. The van der Waals surface area contributed by atoms with Crippen molar-refractivity contribution in [3.05, 3.63) is 81.4 Å². The van der Waals surface area contributed by atoms with E-state index in [-0.39, 0.29) is 17.9 Å². The first-order valence-corrected chi connectivity index (χ1v) is 7.80. The summed E-state index contributed by atoms with van der Waals surface area (Å²) in [4.78, 5) is 28.8. The highest BCUT2D eigenvalue weighted by Gasteiger charge is 2.14. The number of ether oxygens (including phenoxy) is 1. The molecule has 26 heavy (non-hydrogen) atoms. The molecule has 0 saturated heterocycles. The topological polar surface area (TPSA) is 105 Å². The van der Waals surface area contributed by atoms with Gasteiger partial charge in [-0.25, -0.2) is 9.78 Å². The van der Waals surface area contributed by atoms with Crippen molar-refractivity contribution in [2.24, 2.45) is 0 Å². The van der Waals surface area contributed by atoms with Crippen LogP contribution in [0.4, 0.5) is 0 Å². The monoisotopic (exact) mass is 352 g/mol. The third-order valence-electron chi connectivity index (χ3n) is 3.55. The molecule has 7 nitrogen and oxygen atoms in total. The molecular formula is C19H16N2O5. The molecule has 0 aliphatic heterocycles. The minimum atomic E-state index is -1.10. The van der Waals surface area contributed by atoms with Gasteiger partial charge in [0.1, 0.15) is 23.9 Å². The summed E-state index contributed by atoms with van der Waals surface area (Å²) in [6.07, 6.45) is 4.97. The zero-order valence-electron chi connectivity index (χ0n) is 13.9. The van der Waals surface area contributed by atoms with Gasteiger partial charge in [0.2, 0.25) is 5.76 Å². The smallest absolute Gasteiger partial charge is 0.372 e. The number of rotatable bonds is 6. The maximum Gasteiger partial charge on any atom is 0.372 e. The lowest BCUT2D eigenvalue weighted by molar-refractivity contribution is 0.0657. The Hall–Kier alpha value is -3.61. The lowest BCUT2D eigenvalue weighted by Crippen LogP contribution is -2.05. The molecule has 0 aliphatic carbocycles. The number of aromatic amines is 1. The predicted molar refractivity (Wildman–Crippen MR) is 95.0 cm³/mol. The van der Waals surface area contributed by atoms with Gasteiger partial charge in [0.15, 0.2) is 0 Å². The van der Waals surface area contributed by atoms with Crippen LogP contribution in [0.3, 0.4) is 0 Å². The molecule has 0 bridgehead atoms. The number of hydrogen-bond donors (Lipinski definition) is 2. The van der Waals surface area contributed by atoms with Crippen molar-refractivity contribution < 1.29 is 19.1 Å². The van der Waals surface area contributed by atoms with Crippen molar-refractivity contribution in [2.45, 2.75) is 13.5 Å². The molecule has 3 rings (SSSR count). The number of aromatic carboxylic acids is 1. The molecule has 0 amide bonds. The number of nitrogens with zero attached hydrogens (tertiary/aromatic N) is 1. The standard InChI is InChI=1S/C19H16N2O5/c1-12-10-15(26-18(12)19(23)24)11-25-14-5-2-13(3-6-14)4-7-16-20-9-8-17(22)21-16/h2-10H,11H2,1H3,(H,23,24)(H,20,21,22)/b7-4+. The first-order chi connectivity index (χ1) is 12.5. The summed E-state index contributed by atoms with van der Waals surface area (Å²) >= 11 is 0. The van der Waals surface area contributed by atoms with Gasteiger partial charge in [-0.3, -0.25) is 4.79 Å². The van der Waals surface area contributed by atoms with Crippen LogP contribution < -0.4 is 10.3 Å². The van der Waals surface area contributed by atoms with E-state index in [1.165, 1.54) is 12.3 Å². The summed E-state index contributed by atoms with van der Waals surface area (Å²) in [6.45, 7) is 1.81. The van der Waals surface area contributed by atoms with E-state index in [2.05, 4.69) is 9.97 Å². The van der Waals surface area contributed by atoms with Crippen molar-refractivity contribution >= 4 is 18.1 Å². The van der Waals surface area contributed by atoms with Gasteiger partial charge in [0.25, 0.3) is 5.56 Å². The van der Waals surface area contributed by atoms with Gasteiger partial charge in [0.05, 0.1) is 0 Å². The molecule has 0 aliphatic rings. The van der Waals surface area contributed by atoms with Crippen LogP contribution in [0, 0.1) is 6.92 Å². The summed E-state index contributed by atoms with van der Waals surface area (Å²) in [5, 5.41) is 8.98. The minimum Gasteiger partial charge on any atom is -0.486 e. The van der Waals surface area contributed by atoms with Crippen molar-refractivity contribution in [2.75, 3.05) is 0 Å². The zero-order valence-corrected chi connectivity index (χ0v) is 13.9. The van der Waals surface area contributed by atoms with Gasteiger partial charge in [-0.2, -0.15) is 0 Å². The zero-order chi connectivity index (χ0) is 18.5. The van der Waals surface area contributed by atoms with Crippen LogP contribution in [0.25, 0.3) is 12.2 Å². The number of nitrogens with one attached hydrogen (secondary N) is 1. The van der Waals surface area contributed by atoms with Gasteiger partial charge in [-0.05, 0) is 36.8 Å². The molecule has 0 unspecified atom stereocenters. The Bertz CT molecular complexity index is 999. The van der Waals surface area contributed by atoms with Crippen LogP contribution >= 0.6 is 0 Å². The Morgan fingerprint density at radius 2 is 2.04 bits per heavy atom. The molecule has 0 atom stereocenters. The molecule has 2 heterocycles. The molecule has 3 aromatic rings. The second-order valence-corrected chi connectivity index (χ2v) is 5.54. The quantitative estimate of drug-likeness (QED) is 0.706. The number of hydrogen-bond acceptors (Lipinski definition) is 5. The number of benzene rings is 1. The second kappa shape index (κ2) is 7.52. The van der Waals surface area contributed by atoms with Crippen molar-refractivity contribution in [1.29, 1.82) is 0 Å². The van der Waals surface area contributed by atoms with E-state index in [9.17, 15) is 9.59 Å². The predicted octanol–water partition coefficient (Wildman–Crippen LogP) is 3.12. The number of carboxylic acid groups (broad SMARTS) is 1. The number of carbonyl (C=O) groups is 1. The highest BCUT2D eigenvalue weighted by Crippen LogP contribution is 2.19. The third-order valence-corrected chi connectivity index (χ3v) is 3.55. The molecule has 0 radical (unpaired) electrons.